The van der Waals surface area contributed by atoms with E-state index in [0.717, 1.165) is 0 Å². The number of amidine groups is 1. The molecule has 1 heterocycles. The summed E-state index contributed by atoms with van der Waals surface area (Å²) in [6.07, 6.45) is 0. The van der Waals surface area contributed by atoms with Gasteiger partial charge in [-0.15, -0.1) is 0 Å². The van der Waals surface area contributed by atoms with Gasteiger partial charge < -0.3 is 9.64 Å². The molecule has 0 spiro atoms. The van der Waals surface area contributed by atoms with E-state index in [9.17, 15) is 13.2 Å². The van der Waals surface area contributed by atoms with E-state index in [2.05, 4.69) is 4.99 Å². The summed E-state index contributed by atoms with van der Waals surface area (Å²) < 4.78 is 28.5. The molecule has 0 saturated carbocycles. The van der Waals surface area contributed by atoms with Crippen LogP contribution in [0, 0.1) is 0 Å². The summed E-state index contributed by atoms with van der Waals surface area (Å²) in [6, 6.07) is 4.32. The molecule has 22 heavy (non-hydrogen) atoms. The molecule has 1 aliphatic heterocycles. The lowest BCUT2D eigenvalue weighted by Gasteiger charge is -2.34. The van der Waals surface area contributed by atoms with Crippen LogP contribution >= 0.6 is 23.4 Å². The van der Waals surface area contributed by atoms with Gasteiger partial charge in [-0.3, -0.25) is 9.79 Å². The van der Waals surface area contributed by atoms with Gasteiger partial charge in [0.05, 0.1) is 10.8 Å². The van der Waals surface area contributed by atoms with Crippen molar-refractivity contribution >= 4 is 45.0 Å². The molecule has 0 bridgehead atoms. The molecule has 0 radical (unpaired) electrons. The van der Waals surface area contributed by atoms with Crippen LogP contribution in [0.25, 0.3) is 0 Å². The van der Waals surface area contributed by atoms with Gasteiger partial charge in [0.25, 0.3) is 6.47 Å². The third-order valence-corrected chi connectivity index (χ3v) is 5.99. The van der Waals surface area contributed by atoms with Gasteiger partial charge in [0.1, 0.15) is 4.90 Å². The van der Waals surface area contributed by atoms with Crippen molar-refractivity contribution in [3.05, 3.63) is 28.8 Å². The summed E-state index contributed by atoms with van der Waals surface area (Å²) in [6.45, 7) is 0.320. The Hall–Kier alpha value is -1.29. The molecule has 7 nitrogen and oxygen atoms in total. The number of rotatable bonds is 4. The molecule has 0 amide bonds. The Morgan fingerprint density at radius 3 is 2.73 bits per heavy atom. The maximum atomic E-state index is 11.6. The molecule has 1 fully saturated rings. The van der Waals surface area contributed by atoms with Crippen LogP contribution in [-0.4, -0.2) is 44.8 Å². The second kappa shape index (κ2) is 6.07. The third kappa shape index (κ3) is 2.81. The predicted molar refractivity (Wildman–Crippen MR) is 85.2 cm³/mol. The highest BCUT2D eigenvalue weighted by molar-refractivity contribution is 8.14. The second-order valence-corrected chi connectivity index (χ2v) is 7.42. The molecule has 1 atom stereocenters. The molecule has 10 heteroatoms. The standard InChI is InChI=1S/C12H14ClN3O4S2/c1-15-11-16(2)12(6-21-11,20-7-17)8-3-4-9(13)10(5-8)22(14,18)19/h3-5,7H,6H2,1-2H3,(H2,14,18,19). The average Bonchev–Trinajstić information content (AvgIpc) is 2.76. The number of hydrogen-bond donors (Lipinski definition) is 1. The minimum Gasteiger partial charge on any atom is -0.436 e. The Morgan fingerprint density at radius 2 is 2.23 bits per heavy atom. The number of ether oxygens (including phenoxy) is 1. The number of benzene rings is 1. The monoisotopic (exact) mass is 363 g/mol. The highest BCUT2D eigenvalue weighted by Gasteiger charge is 2.47. The molecule has 2 N–H and O–H groups in total. The fourth-order valence-electron chi connectivity index (χ4n) is 2.23. The number of thioether (sulfide) groups is 1. The van der Waals surface area contributed by atoms with E-state index in [-0.39, 0.29) is 9.92 Å². The maximum absolute atomic E-state index is 11.6. The Kier molecular flexibility index (Phi) is 4.71. The Balaban J connectivity index is 2.63. The number of nitrogens with two attached hydrogens (primary N) is 1. The molecule has 1 aromatic rings. The van der Waals surface area contributed by atoms with E-state index in [0.29, 0.717) is 23.0 Å². The van der Waals surface area contributed by atoms with Crippen LogP contribution < -0.4 is 5.14 Å². The number of nitrogens with zero attached hydrogens (tertiary/aromatic N) is 2. The first kappa shape index (κ1) is 17.1. The molecule has 1 aromatic carbocycles. The highest BCUT2D eigenvalue weighted by atomic mass is 35.5. The number of carbonyl (C=O) groups is 1. The molecule has 2 rings (SSSR count). The SMILES string of the molecule is CN=C1SCC(OC=O)(c2ccc(Cl)c(S(N)(=O)=O)c2)N1C. The Labute approximate surface area is 137 Å². The van der Waals surface area contributed by atoms with E-state index >= 15 is 0 Å². The molecule has 0 aromatic heterocycles. The summed E-state index contributed by atoms with van der Waals surface area (Å²) in [7, 11) is -0.671. The summed E-state index contributed by atoms with van der Waals surface area (Å²) in [5.74, 6) is 0.362. The number of primary sulfonamides is 1. The van der Waals surface area contributed by atoms with E-state index < -0.39 is 15.7 Å². The van der Waals surface area contributed by atoms with Crippen LogP contribution in [0.15, 0.2) is 28.1 Å². The lowest BCUT2D eigenvalue weighted by atomic mass is 10.0. The summed E-state index contributed by atoms with van der Waals surface area (Å²) in [5.41, 5.74) is -0.715. The number of sulfonamides is 1. The molecule has 0 aliphatic carbocycles. The summed E-state index contributed by atoms with van der Waals surface area (Å²) in [5, 5.41) is 5.83. The normalized spacial score (nSPS) is 23.8. The quantitative estimate of drug-likeness (QED) is 0.800. The zero-order valence-electron chi connectivity index (χ0n) is 11.8. The first-order valence-corrected chi connectivity index (χ1v) is 8.95. The van der Waals surface area contributed by atoms with Crippen molar-refractivity contribution in [1.82, 2.24) is 4.90 Å². The van der Waals surface area contributed by atoms with Gasteiger partial charge in [-0.2, -0.15) is 0 Å². The minimum absolute atomic E-state index is 0.00480. The Morgan fingerprint density at radius 1 is 1.55 bits per heavy atom. The smallest absolute Gasteiger partial charge is 0.295 e. The molecular formula is C12H14ClN3O4S2. The largest absolute Gasteiger partial charge is 0.436 e. The van der Waals surface area contributed by atoms with Gasteiger partial charge in [0.2, 0.25) is 15.7 Å². The topological polar surface area (TPSA) is 102 Å². The van der Waals surface area contributed by atoms with Crippen molar-refractivity contribution in [3.63, 3.8) is 0 Å². The number of carbonyl (C=O) groups excluding carboxylic acids is 1. The fraction of sp³-hybridized carbons (Fsp3) is 0.333. The van der Waals surface area contributed by atoms with E-state index in [1.165, 1.54) is 23.9 Å². The van der Waals surface area contributed by atoms with Crippen molar-refractivity contribution in [2.75, 3.05) is 19.8 Å². The Bertz CT molecular complexity index is 738. The van der Waals surface area contributed by atoms with Crippen LogP contribution in [0.4, 0.5) is 0 Å². The maximum Gasteiger partial charge on any atom is 0.295 e. The van der Waals surface area contributed by atoms with Gasteiger partial charge in [-0.25, -0.2) is 13.6 Å². The summed E-state index contributed by atoms with van der Waals surface area (Å²) in [4.78, 5) is 16.5. The lowest BCUT2D eigenvalue weighted by molar-refractivity contribution is -0.154. The van der Waals surface area contributed by atoms with Crippen molar-refractivity contribution in [2.24, 2.45) is 10.1 Å². The fourth-order valence-corrected chi connectivity index (χ4v) is 4.52. The minimum atomic E-state index is -4.00. The number of aliphatic imine (C=N–C) groups is 1. The van der Waals surface area contributed by atoms with Gasteiger partial charge in [-0.05, 0) is 12.1 Å². The van der Waals surface area contributed by atoms with Crippen molar-refractivity contribution < 1.29 is 17.9 Å². The van der Waals surface area contributed by atoms with E-state index in [1.54, 1.807) is 25.1 Å². The van der Waals surface area contributed by atoms with E-state index in [1.807, 2.05) is 0 Å². The van der Waals surface area contributed by atoms with Gasteiger partial charge in [0, 0.05) is 19.7 Å². The van der Waals surface area contributed by atoms with Crippen LogP contribution in [0.3, 0.4) is 0 Å². The third-order valence-electron chi connectivity index (χ3n) is 3.35. The molecular weight excluding hydrogens is 350 g/mol. The van der Waals surface area contributed by atoms with Crippen LogP contribution in [0.5, 0.6) is 0 Å². The number of halogens is 1. The van der Waals surface area contributed by atoms with Crippen LogP contribution in [-0.2, 0) is 25.3 Å². The highest BCUT2D eigenvalue weighted by Crippen LogP contribution is 2.41. The van der Waals surface area contributed by atoms with Gasteiger partial charge >= 0.3 is 0 Å². The lowest BCUT2D eigenvalue weighted by Crippen LogP contribution is -2.44. The van der Waals surface area contributed by atoms with Gasteiger partial charge in [-0.1, -0.05) is 29.4 Å². The zero-order valence-corrected chi connectivity index (χ0v) is 14.2. The first-order valence-electron chi connectivity index (χ1n) is 6.04. The van der Waals surface area contributed by atoms with Crippen molar-refractivity contribution in [2.45, 2.75) is 10.6 Å². The summed E-state index contributed by atoms with van der Waals surface area (Å²) >= 11 is 7.28. The predicted octanol–water partition coefficient (Wildman–Crippen LogP) is 0.978. The second-order valence-electron chi connectivity index (χ2n) is 4.54. The van der Waals surface area contributed by atoms with E-state index in [4.69, 9.17) is 21.5 Å². The average molecular weight is 364 g/mol. The molecule has 120 valence electrons. The number of hydrogen-bond acceptors (Lipinski definition) is 6. The zero-order chi connectivity index (χ0) is 16.5. The van der Waals surface area contributed by atoms with Crippen molar-refractivity contribution in [1.29, 1.82) is 0 Å². The molecule has 1 aliphatic rings. The van der Waals surface area contributed by atoms with Gasteiger partial charge in [0.15, 0.2) is 5.17 Å². The molecule has 1 saturated heterocycles. The first-order chi connectivity index (χ1) is 10.3. The van der Waals surface area contributed by atoms with Crippen molar-refractivity contribution in [3.8, 4) is 0 Å². The van der Waals surface area contributed by atoms with Crippen LogP contribution in [0.1, 0.15) is 5.56 Å². The molecule has 1 unspecified atom stereocenters. The van der Waals surface area contributed by atoms with Crippen LogP contribution in [0.2, 0.25) is 5.02 Å².